The van der Waals surface area contributed by atoms with Crippen LogP contribution in [0.25, 0.3) is 11.4 Å². The number of rotatable bonds is 1. The molecule has 0 saturated heterocycles. The van der Waals surface area contributed by atoms with Crippen molar-refractivity contribution < 1.29 is 4.39 Å². The van der Waals surface area contributed by atoms with E-state index in [-0.39, 0.29) is 11.5 Å². The number of nitrogens with zero attached hydrogens (tertiary/aromatic N) is 2. The van der Waals surface area contributed by atoms with E-state index in [0.29, 0.717) is 5.82 Å². The number of thiophene rings is 1. The first-order chi connectivity index (χ1) is 7.49. The van der Waals surface area contributed by atoms with Crippen LogP contribution < -0.4 is 5.73 Å². The van der Waals surface area contributed by atoms with Gasteiger partial charge in [-0.15, -0.1) is 11.3 Å². The van der Waals surface area contributed by atoms with E-state index in [1.807, 2.05) is 19.9 Å². The summed E-state index contributed by atoms with van der Waals surface area (Å²) in [7, 11) is 0. The van der Waals surface area contributed by atoms with E-state index < -0.39 is 5.82 Å². The van der Waals surface area contributed by atoms with Crippen molar-refractivity contribution in [3.05, 3.63) is 27.3 Å². The lowest BCUT2D eigenvalue weighted by molar-refractivity contribution is 0.608. The monoisotopic (exact) mass is 237 g/mol. The Morgan fingerprint density at radius 1 is 1.25 bits per heavy atom. The molecule has 0 aliphatic rings. The predicted molar refractivity (Wildman–Crippen MR) is 63.9 cm³/mol. The second kappa shape index (κ2) is 3.83. The van der Waals surface area contributed by atoms with Crippen LogP contribution >= 0.6 is 11.3 Å². The Balaban J connectivity index is 2.61. The summed E-state index contributed by atoms with van der Waals surface area (Å²) in [6.45, 7) is 5.59. The molecule has 0 bridgehead atoms. The minimum Gasteiger partial charge on any atom is -0.381 e. The van der Waals surface area contributed by atoms with Crippen LogP contribution in [0.3, 0.4) is 0 Å². The molecule has 2 heterocycles. The zero-order valence-corrected chi connectivity index (χ0v) is 10.2. The van der Waals surface area contributed by atoms with Crippen LogP contribution in [0.2, 0.25) is 0 Å². The fourth-order valence-corrected chi connectivity index (χ4v) is 2.47. The lowest BCUT2D eigenvalue weighted by Crippen LogP contribution is -2.02. The SMILES string of the molecule is Cc1cc(-c2nc(C)c(F)c(N)n2)c(C)s1. The van der Waals surface area contributed by atoms with E-state index in [1.165, 1.54) is 4.88 Å². The third kappa shape index (κ3) is 1.78. The molecule has 0 aliphatic carbocycles. The molecular formula is C11H12FN3S. The second-order valence-electron chi connectivity index (χ2n) is 3.66. The number of nitrogens with two attached hydrogens (primary N) is 1. The average molecular weight is 237 g/mol. The summed E-state index contributed by atoms with van der Waals surface area (Å²) in [5.74, 6) is -0.127. The maximum atomic E-state index is 13.3. The topological polar surface area (TPSA) is 51.8 Å². The van der Waals surface area contributed by atoms with Crippen LogP contribution in [0.15, 0.2) is 6.07 Å². The Labute approximate surface area is 97.2 Å². The van der Waals surface area contributed by atoms with Gasteiger partial charge in [0.1, 0.15) is 0 Å². The average Bonchev–Trinajstić information content (AvgIpc) is 2.53. The summed E-state index contributed by atoms with van der Waals surface area (Å²) in [4.78, 5) is 10.4. The molecule has 0 amide bonds. The number of aryl methyl sites for hydroxylation is 3. The highest BCUT2D eigenvalue weighted by Gasteiger charge is 2.13. The fraction of sp³-hybridized carbons (Fsp3) is 0.273. The van der Waals surface area contributed by atoms with Crippen LogP contribution in [0, 0.1) is 26.6 Å². The molecule has 3 nitrogen and oxygen atoms in total. The van der Waals surface area contributed by atoms with E-state index >= 15 is 0 Å². The third-order valence-corrected chi connectivity index (χ3v) is 3.29. The van der Waals surface area contributed by atoms with E-state index in [4.69, 9.17) is 5.73 Å². The molecule has 0 aliphatic heterocycles. The molecule has 0 aromatic carbocycles. The van der Waals surface area contributed by atoms with Gasteiger partial charge in [0, 0.05) is 15.3 Å². The molecule has 0 saturated carbocycles. The van der Waals surface area contributed by atoms with Crippen molar-refractivity contribution in [1.82, 2.24) is 9.97 Å². The van der Waals surface area contributed by atoms with E-state index in [2.05, 4.69) is 9.97 Å². The van der Waals surface area contributed by atoms with Gasteiger partial charge in [-0.3, -0.25) is 0 Å². The number of anilines is 1. The van der Waals surface area contributed by atoms with Gasteiger partial charge in [-0.25, -0.2) is 14.4 Å². The standard InChI is InChI=1S/C11H12FN3S/c1-5-4-8(7(3)16-5)11-14-6(2)9(12)10(13)15-11/h4H,1-3H3,(H2,13,14,15). The van der Waals surface area contributed by atoms with Gasteiger partial charge in [-0.2, -0.15) is 0 Å². The molecule has 16 heavy (non-hydrogen) atoms. The van der Waals surface area contributed by atoms with Crippen molar-refractivity contribution in [3.63, 3.8) is 0 Å². The molecule has 2 aromatic rings. The second-order valence-corrected chi connectivity index (χ2v) is 5.12. The molecule has 5 heteroatoms. The number of aromatic nitrogens is 2. The van der Waals surface area contributed by atoms with Gasteiger partial charge >= 0.3 is 0 Å². The van der Waals surface area contributed by atoms with Crippen molar-refractivity contribution in [3.8, 4) is 11.4 Å². The largest absolute Gasteiger partial charge is 0.381 e. The van der Waals surface area contributed by atoms with Crippen LogP contribution in [-0.4, -0.2) is 9.97 Å². The zero-order valence-electron chi connectivity index (χ0n) is 9.34. The molecule has 2 rings (SSSR count). The van der Waals surface area contributed by atoms with Gasteiger partial charge in [0.25, 0.3) is 0 Å². The summed E-state index contributed by atoms with van der Waals surface area (Å²) in [6.07, 6.45) is 0. The zero-order chi connectivity index (χ0) is 11.9. The first kappa shape index (κ1) is 11.0. The van der Waals surface area contributed by atoms with Crippen molar-refractivity contribution in [2.45, 2.75) is 20.8 Å². The van der Waals surface area contributed by atoms with Gasteiger partial charge in [0.05, 0.1) is 5.69 Å². The summed E-state index contributed by atoms with van der Waals surface area (Å²) in [5.41, 5.74) is 6.70. The normalized spacial score (nSPS) is 10.8. The summed E-state index contributed by atoms with van der Waals surface area (Å²) < 4.78 is 13.3. The van der Waals surface area contributed by atoms with Gasteiger partial charge in [0.2, 0.25) is 0 Å². The molecule has 2 N–H and O–H groups in total. The Kier molecular flexibility index (Phi) is 2.63. The Morgan fingerprint density at radius 3 is 2.44 bits per heavy atom. The highest BCUT2D eigenvalue weighted by atomic mass is 32.1. The summed E-state index contributed by atoms with van der Waals surface area (Å²) in [6, 6.07) is 1.99. The summed E-state index contributed by atoms with van der Waals surface area (Å²) in [5, 5.41) is 0. The van der Waals surface area contributed by atoms with Gasteiger partial charge in [0.15, 0.2) is 17.5 Å². The van der Waals surface area contributed by atoms with Crippen molar-refractivity contribution in [1.29, 1.82) is 0 Å². The van der Waals surface area contributed by atoms with E-state index in [0.717, 1.165) is 10.4 Å². The van der Waals surface area contributed by atoms with Crippen LogP contribution in [-0.2, 0) is 0 Å². The molecular weight excluding hydrogens is 225 g/mol. The molecule has 84 valence electrons. The Bertz CT molecular complexity index is 525. The Morgan fingerprint density at radius 2 is 1.94 bits per heavy atom. The molecule has 0 spiro atoms. The van der Waals surface area contributed by atoms with Gasteiger partial charge in [-0.1, -0.05) is 0 Å². The van der Waals surface area contributed by atoms with Crippen LogP contribution in [0.1, 0.15) is 15.4 Å². The lowest BCUT2D eigenvalue weighted by atomic mass is 10.2. The first-order valence-electron chi connectivity index (χ1n) is 4.86. The minimum atomic E-state index is -0.534. The quantitative estimate of drug-likeness (QED) is 0.829. The van der Waals surface area contributed by atoms with Crippen molar-refractivity contribution in [2.24, 2.45) is 0 Å². The highest BCUT2D eigenvalue weighted by molar-refractivity contribution is 7.12. The smallest absolute Gasteiger partial charge is 0.186 e. The number of hydrogen-bond donors (Lipinski definition) is 1. The van der Waals surface area contributed by atoms with Crippen molar-refractivity contribution in [2.75, 3.05) is 5.73 Å². The van der Waals surface area contributed by atoms with Gasteiger partial charge < -0.3 is 5.73 Å². The number of halogens is 1. The third-order valence-electron chi connectivity index (χ3n) is 2.32. The minimum absolute atomic E-state index is 0.0919. The predicted octanol–water partition coefficient (Wildman–Crippen LogP) is 2.85. The van der Waals surface area contributed by atoms with Crippen LogP contribution in [0.5, 0.6) is 0 Å². The molecule has 0 atom stereocenters. The maximum absolute atomic E-state index is 13.3. The molecule has 0 radical (unpaired) electrons. The number of nitrogen functional groups attached to an aromatic ring is 1. The molecule has 0 fully saturated rings. The fourth-order valence-electron chi connectivity index (χ4n) is 1.55. The van der Waals surface area contributed by atoms with Crippen LogP contribution in [0.4, 0.5) is 10.2 Å². The van der Waals surface area contributed by atoms with E-state index in [9.17, 15) is 4.39 Å². The number of hydrogen-bond acceptors (Lipinski definition) is 4. The highest BCUT2D eigenvalue weighted by Crippen LogP contribution is 2.29. The molecule has 2 aromatic heterocycles. The van der Waals surface area contributed by atoms with E-state index in [1.54, 1.807) is 18.3 Å². The van der Waals surface area contributed by atoms with Gasteiger partial charge in [-0.05, 0) is 26.8 Å². The molecule has 0 unspecified atom stereocenters. The summed E-state index contributed by atoms with van der Waals surface area (Å²) >= 11 is 1.67. The Hall–Kier alpha value is -1.49. The van der Waals surface area contributed by atoms with Crippen molar-refractivity contribution >= 4 is 17.2 Å². The maximum Gasteiger partial charge on any atom is 0.186 e. The lowest BCUT2D eigenvalue weighted by Gasteiger charge is -2.03. The first-order valence-corrected chi connectivity index (χ1v) is 5.67.